The normalized spacial score (nSPS) is 22.9. The Morgan fingerprint density at radius 1 is 1.39 bits per heavy atom. The average molecular weight is 253 g/mol. The molecule has 102 valence electrons. The Balaban J connectivity index is 2.45. The van der Waals surface area contributed by atoms with Gasteiger partial charge in [-0.2, -0.15) is 0 Å². The molecule has 1 rings (SSSR count). The van der Waals surface area contributed by atoms with Gasteiger partial charge < -0.3 is 16.0 Å². The van der Waals surface area contributed by atoms with Gasteiger partial charge in [-0.05, 0) is 27.2 Å². The van der Waals surface area contributed by atoms with Crippen LogP contribution in [0.1, 0.15) is 27.2 Å². The first-order valence-corrected chi connectivity index (χ1v) is 6.19. The van der Waals surface area contributed by atoms with Crippen molar-refractivity contribution >= 4 is 11.8 Å². The molecule has 0 saturated carbocycles. The van der Waals surface area contributed by atoms with Gasteiger partial charge in [-0.3, -0.25) is 9.59 Å². The lowest BCUT2D eigenvalue weighted by Crippen LogP contribution is -2.47. The predicted molar refractivity (Wildman–Crippen MR) is 70.8 cm³/mol. The van der Waals surface area contributed by atoms with E-state index in [-0.39, 0.29) is 35.9 Å². The van der Waals surface area contributed by atoms with Gasteiger partial charge in [0.05, 0.1) is 12.5 Å². The molecule has 0 saturated heterocycles. The highest BCUT2D eigenvalue weighted by Gasteiger charge is 2.26. The van der Waals surface area contributed by atoms with Gasteiger partial charge in [0.1, 0.15) is 0 Å². The van der Waals surface area contributed by atoms with Crippen molar-refractivity contribution in [3.05, 3.63) is 12.2 Å². The number of nitrogens with one attached hydrogen (secondary N) is 1. The van der Waals surface area contributed by atoms with Gasteiger partial charge in [0.15, 0.2) is 0 Å². The van der Waals surface area contributed by atoms with Crippen LogP contribution in [0.4, 0.5) is 0 Å². The third kappa shape index (κ3) is 4.49. The van der Waals surface area contributed by atoms with Crippen molar-refractivity contribution in [2.75, 3.05) is 13.6 Å². The molecule has 0 spiro atoms. The molecule has 2 atom stereocenters. The van der Waals surface area contributed by atoms with Crippen molar-refractivity contribution in [1.82, 2.24) is 10.2 Å². The molecule has 1 aliphatic carbocycles. The monoisotopic (exact) mass is 253 g/mol. The summed E-state index contributed by atoms with van der Waals surface area (Å²) in [5, 5.41) is 2.83. The van der Waals surface area contributed by atoms with E-state index in [0.29, 0.717) is 6.42 Å². The van der Waals surface area contributed by atoms with E-state index in [1.165, 1.54) is 4.90 Å². The average Bonchev–Trinajstić information content (AvgIpc) is 2.60. The fourth-order valence-corrected chi connectivity index (χ4v) is 1.94. The van der Waals surface area contributed by atoms with Crippen molar-refractivity contribution in [2.24, 2.45) is 11.7 Å². The summed E-state index contributed by atoms with van der Waals surface area (Å²) in [7, 11) is 1.64. The fourth-order valence-electron chi connectivity index (χ4n) is 1.94. The maximum atomic E-state index is 12.0. The zero-order valence-electron chi connectivity index (χ0n) is 11.6. The molecule has 0 aromatic rings. The highest BCUT2D eigenvalue weighted by molar-refractivity contribution is 5.87. The number of nitrogens with zero attached hydrogens (tertiary/aromatic N) is 1. The Kier molecular flexibility index (Phi) is 4.51. The summed E-state index contributed by atoms with van der Waals surface area (Å²) in [6.45, 7) is 5.80. The lowest BCUT2D eigenvalue weighted by Gasteiger charge is -2.24. The van der Waals surface area contributed by atoms with Gasteiger partial charge in [-0.25, -0.2) is 0 Å². The van der Waals surface area contributed by atoms with Crippen LogP contribution in [0.15, 0.2) is 12.2 Å². The van der Waals surface area contributed by atoms with E-state index in [1.807, 2.05) is 32.9 Å². The Morgan fingerprint density at radius 3 is 2.44 bits per heavy atom. The number of nitrogens with two attached hydrogens (primary N) is 1. The first kappa shape index (κ1) is 14.7. The minimum Gasteiger partial charge on any atom is -0.350 e. The van der Waals surface area contributed by atoms with Crippen molar-refractivity contribution in [3.63, 3.8) is 0 Å². The molecule has 0 aromatic carbocycles. The van der Waals surface area contributed by atoms with Gasteiger partial charge in [-0.15, -0.1) is 0 Å². The number of hydrogen-bond acceptors (Lipinski definition) is 3. The van der Waals surface area contributed by atoms with Crippen LogP contribution in [0.2, 0.25) is 0 Å². The molecule has 5 heteroatoms. The molecule has 3 N–H and O–H groups in total. The third-order valence-electron chi connectivity index (χ3n) is 2.71. The minimum absolute atomic E-state index is 0.0456. The van der Waals surface area contributed by atoms with E-state index < -0.39 is 0 Å². The van der Waals surface area contributed by atoms with Gasteiger partial charge in [0.2, 0.25) is 11.8 Å². The van der Waals surface area contributed by atoms with Crippen LogP contribution in [0.25, 0.3) is 0 Å². The molecule has 1 aliphatic rings. The predicted octanol–water partition coefficient (Wildman–Crippen LogP) is 0.263. The lowest BCUT2D eigenvalue weighted by atomic mass is 10.1. The van der Waals surface area contributed by atoms with E-state index in [0.717, 1.165) is 0 Å². The van der Waals surface area contributed by atoms with Crippen LogP contribution >= 0.6 is 0 Å². The second kappa shape index (κ2) is 5.52. The number of hydrogen-bond donors (Lipinski definition) is 2. The van der Waals surface area contributed by atoms with E-state index in [4.69, 9.17) is 5.73 Å². The minimum atomic E-state index is -0.281. The third-order valence-corrected chi connectivity index (χ3v) is 2.71. The van der Waals surface area contributed by atoms with Crippen molar-refractivity contribution in [2.45, 2.75) is 38.8 Å². The van der Waals surface area contributed by atoms with E-state index >= 15 is 0 Å². The molecule has 18 heavy (non-hydrogen) atoms. The molecule has 2 unspecified atom stereocenters. The zero-order chi connectivity index (χ0) is 13.9. The van der Waals surface area contributed by atoms with Crippen molar-refractivity contribution in [3.8, 4) is 0 Å². The summed E-state index contributed by atoms with van der Waals surface area (Å²) in [5.74, 6) is -0.389. The summed E-state index contributed by atoms with van der Waals surface area (Å²) in [5.41, 5.74) is 5.43. The SMILES string of the molecule is CN(CC(=O)NC(C)(C)C)C(=O)C1C=CC(N)C1. The van der Waals surface area contributed by atoms with E-state index in [1.54, 1.807) is 7.05 Å². The van der Waals surface area contributed by atoms with E-state index in [9.17, 15) is 9.59 Å². The van der Waals surface area contributed by atoms with Crippen LogP contribution in [0.3, 0.4) is 0 Å². The highest BCUT2D eigenvalue weighted by atomic mass is 16.2. The maximum absolute atomic E-state index is 12.0. The molecule has 0 radical (unpaired) electrons. The molecular formula is C13H23N3O2. The Morgan fingerprint density at radius 2 is 2.00 bits per heavy atom. The van der Waals surface area contributed by atoms with Gasteiger partial charge >= 0.3 is 0 Å². The molecular weight excluding hydrogens is 230 g/mol. The number of carbonyl (C=O) groups is 2. The second-order valence-electron chi connectivity index (χ2n) is 5.88. The quantitative estimate of drug-likeness (QED) is 0.709. The molecule has 2 amide bonds. The summed E-state index contributed by atoms with van der Waals surface area (Å²) in [6.07, 6.45) is 4.29. The largest absolute Gasteiger partial charge is 0.350 e. The maximum Gasteiger partial charge on any atom is 0.240 e. The molecule has 0 bridgehead atoms. The summed E-state index contributed by atoms with van der Waals surface area (Å²) < 4.78 is 0. The summed E-state index contributed by atoms with van der Waals surface area (Å²) >= 11 is 0. The molecule has 0 aliphatic heterocycles. The number of rotatable bonds is 3. The smallest absolute Gasteiger partial charge is 0.240 e. The molecule has 0 fully saturated rings. The highest BCUT2D eigenvalue weighted by Crippen LogP contribution is 2.18. The van der Waals surface area contributed by atoms with Crippen molar-refractivity contribution < 1.29 is 9.59 Å². The zero-order valence-corrected chi connectivity index (χ0v) is 11.6. The first-order valence-electron chi connectivity index (χ1n) is 6.19. The summed E-state index contributed by atoms with van der Waals surface area (Å²) in [4.78, 5) is 25.2. The lowest BCUT2D eigenvalue weighted by molar-refractivity contribution is -0.137. The van der Waals surface area contributed by atoms with Gasteiger partial charge in [0, 0.05) is 18.6 Å². The molecule has 0 aromatic heterocycles. The number of amides is 2. The standard InChI is InChI=1S/C13H23N3O2/c1-13(2,3)15-11(17)8-16(4)12(18)9-5-6-10(14)7-9/h5-6,9-10H,7-8,14H2,1-4H3,(H,15,17). The first-order chi connectivity index (χ1) is 8.19. The van der Waals surface area contributed by atoms with Crippen LogP contribution in [-0.2, 0) is 9.59 Å². The van der Waals surface area contributed by atoms with Gasteiger partial charge in [0.25, 0.3) is 0 Å². The van der Waals surface area contributed by atoms with E-state index in [2.05, 4.69) is 5.32 Å². The van der Waals surface area contributed by atoms with Crippen LogP contribution < -0.4 is 11.1 Å². The topological polar surface area (TPSA) is 75.4 Å². The van der Waals surface area contributed by atoms with Crippen LogP contribution in [0, 0.1) is 5.92 Å². The molecule has 5 nitrogen and oxygen atoms in total. The fraction of sp³-hybridized carbons (Fsp3) is 0.692. The Hall–Kier alpha value is -1.36. The molecule has 0 heterocycles. The van der Waals surface area contributed by atoms with Crippen LogP contribution in [-0.4, -0.2) is 41.9 Å². The second-order valence-corrected chi connectivity index (χ2v) is 5.88. The van der Waals surface area contributed by atoms with Crippen LogP contribution in [0.5, 0.6) is 0 Å². The summed E-state index contributed by atoms with van der Waals surface area (Å²) in [6, 6.07) is -0.0456. The van der Waals surface area contributed by atoms with Gasteiger partial charge in [-0.1, -0.05) is 12.2 Å². The Bertz CT molecular complexity index is 358. The number of likely N-dealkylation sites (N-methyl/N-ethyl adjacent to an activating group) is 1. The number of carbonyl (C=O) groups excluding carboxylic acids is 2. The van der Waals surface area contributed by atoms with Crippen molar-refractivity contribution in [1.29, 1.82) is 0 Å². The Labute approximate surface area is 108 Å².